The van der Waals surface area contributed by atoms with Gasteiger partial charge in [0.15, 0.2) is 23.0 Å². The van der Waals surface area contributed by atoms with E-state index in [4.69, 9.17) is 18.9 Å². The SMILES string of the molecule is CCOc1ccc(C(=O)N/N=C/c2cc(Br)c(OCc3ccc(C)cc3)c(OCC)c2)cc1OCC. The Hall–Kier alpha value is -3.52. The minimum atomic E-state index is -0.364. The van der Waals surface area contributed by atoms with E-state index in [1.54, 1.807) is 24.4 Å². The van der Waals surface area contributed by atoms with Crippen molar-refractivity contribution in [1.29, 1.82) is 0 Å². The molecule has 8 heteroatoms. The number of carbonyl (C=O) groups excluding carboxylic acids is 1. The molecule has 0 aromatic heterocycles. The molecule has 0 atom stereocenters. The highest BCUT2D eigenvalue weighted by Gasteiger charge is 2.13. The van der Waals surface area contributed by atoms with Gasteiger partial charge in [0.1, 0.15) is 6.61 Å². The van der Waals surface area contributed by atoms with E-state index in [1.807, 2.05) is 52.0 Å². The summed E-state index contributed by atoms with van der Waals surface area (Å²) in [4.78, 5) is 12.6. The van der Waals surface area contributed by atoms with Gasteiger partial charge in [0.05, 0.1) is 30.5 Å². The predicted molar refractivity (Wildman–Crippen MR) is 145 cm³/mol. The second kappa shape index (κ2) is 13.5. The largest absolute Gasteiger partial charge is 0.490 e. The lowest BCUT2D eigenvalue weighted by molar-refractivity contribution is 0.0954. The Labute approximate surface area is 220 Å². The third-order valence-corrected chi connectivity index (χ3v) is 5.61. The molecule has 0 heterocycles. The summed E-state index contributed by atoms with van der Waals surface area (Å²) in [5, 5.41) is 4.11. The van der Waals surface area contributed by atoms with Gasteiger partial charge >= 0.3 is 0 Å². The van der Waals surface area contributed by atoms with Crippen LogP contribution in [-0.2, 0) is 6.61 Å². The molecule has 0 spiro atoms. The van der Waals surface area contributed by atoms with E-state index in [9.17, 15) is 4.79 Å². The third kappa shape index (κ3) is 7.49. The molecule has 3 rings (SSSR count). The number of ether oxygens (including phenoxy) is 4. The standard InChI is InChI=1S/C28H31BrN2O5/c1-5-33-24-13-12-22(16-25(24)34-6-2)28(32)31-30-17-21-14-23(29)27(26(15-21)35-7-3)36-18-20-10-8-19(4)9-11-20/h8-17H,5-7,18H2,1-4H3,(H,31,32)/b30-17+. The van der Waals surface area contributed by atoms with Gasteiger partial charge in [0.25, 0.3) is 5.91 Å². The van der Waals surface area contributed by atoms with Crippen LogP contribution in [0, 0.1) is 6.92 Å². The lowest BCUT2D eigenvalue weighted by atomic mass is 10.1. The Morgan fingerprint density at radius 1 is 0.861 bits per heavy atom. The topological polar surface area (TPSA) is 78.4 Å². The zero-order valence-electron chi connectivity index (χ0n) is 21.0. The van der Waals surface area contributed by atoms with Crippen molar-refractivity contribution < 1.29 is 23.7 Å². The lowest BCUT2D eigenvalue weighted by Crippen LogP contribution is -2.17. The van der Waals surface area contributed by atoms with E-state index in [1.165, 1.54) is 5.56 Å². The van der Waals surface area contributed by atoms with Gasteiger partial charge in [-0.3, -0.25) is 4.79 Å². The molecule has 0 saturated carbocycles. The fourth-order valence-corrected chi connectivity index (χ4v) is 3.90. The zero-order valence-corrected chi connectivity index (χ0v) is 22.6. The molecular weight excluding hydrogens is 524 g/mol. The number of rotatable bonds is 12. The number of hydrogen-bond donors (Lipinski definition) is 1. The van der Waals surface area contributed by atoms with Crippen LogP contribution in [0.2, 0.25) is 0 Å². The summed E-state index contributed by atoms with van der Waals surface area (Å²) in [5.74, 6) is 1.94. The van der Waals surface area contributed by atoms with Gasteiger partial charge in [-0.15, -0.1) is 0 Å². The van der Waals surface area contributed by atoms with Crippen molar-refractivity contribution in [3.05, 3.63) is 81.3 Å². The van der Waals surface area contributed by atoms with Crippen LogP contribution in [0.1, 0.15) is 47.8 Å². The number of aryl methyl sites for hydroxylation is 1. The molecule has 0 unspecified atom stereocenters. The number of hydrogen-bond acceptors (Lipinski definition) is 6. The molecule has 0 aliphatic carbocycles. The number of benzene rings is 3. The first-order chi connectivity index (χ1) is 17.4. The van der Waals surface area contributed by atoms with Gasteiger partial charge in [0.2, 0.25) is 0 Å². The molecule has 1 N–H and O–H groups in total. The van der Waals surface area contributed by atoms with Crippen LogP contribution in [0.3, 0.4) is 0 Å². The van der Waals surface area contributed by atoms with E-state index < -0.39 is 0 Å². The van der Waals surface area contributed by atoms with E-state index >= 15 is 0 Å². The Kier molecular flexibility index (Phi) is 10.2. The first-order valence-corrected chi connectivity index (χ1v) is 12.6. The molecule has 0 aliphatic rings. The molecule has 36 heavy (non-hydrogen) atoms. The van der Waals surface area contributed by atoms with Crippen molar-refractivity contribution in [2.24, 2.45) is 5.10 Å². The maximum absolute atomic E-state index is 12.6. The minimum absolute atomic E-state index is 0.364. The van der Waals surface area contributed by atoms with Crippen LogP contribution in [-0.4, -0.2) is 31.9 Å². The summed E-state index contributed by atoms with van der Waals surface area (Å²) in [5.41, 5.74) is 5.95. The van der Waals surface area contributed by atoms with Crippen molar-refractivity contribution in [1.82, 2.24) is 5.43 Å². The van der Waals surface area contributed by atoms with Gasteiger partial charge in [-0.05, 0) is 85.1 Å². The van der Waals surface area contributed by atoms with Gasteiger partial charge < -0.3 is 18.9 Å². The van der Waals surface area contributed by atoms with Crippen LogP contribution < -0.4 is 24.4 Å². The molecule has 0 aliphatic heterocycles. The molecular formula is C28H31BrN2O5. The highest BCUT2D eigenvalue weighted by molar-refractivity contribution is 9.10. The smallest absolute Gasteiger partial charge is 0.271 e. The van der Waals surface area contributed by atoms with Gasteiger partial charge in [-0.1, -0.05) is 29.8 Å². The van der Waals surface area contributed by atoms with Crippen LogP contribution in [0.5, 0.6) is 23.0 Å². The molecule has 0 bridgehead atoms. The molecule has 1 amide bonds. The van der Waals surface area contributed by atoms with Crippen LogP contribution in [0.15, 0.2) is 64.2 Å². The maximum atomic E-state index is 12.6. The van der Waals surface area contributed by atoms with Crippen LogP contribution >= 0.6 is 15.9 Å². The van der Waals surface area contributed by atoms with Gasteiger partial charge in [-0.25, -0.2) is 5.43 Å². The summed E-state index contributed by atoms with van der Waals surface area (Å²) >= 11 is 3.57. The first-order valence-electron chi connectivity index (χ1n) is 11.8. The Morgan fingerprint density at radius 3 is 2.22 bits per heavy atom. The van der Waals surface area contributed by atoms with E-state index in [-0.39, 0.29) is 5.91 Å². The predicted octanol–water partition coefficient (Wildman–Crippen LogP) is 6.30. The van der Waals surface area contributed by atoms with Crippen LogP contribution in [0.25, 0.3) is 0 Å². The van der Waals surface area contributed by atoms with Crippen molar-refractivity contribution in [3.8, 4) is 23.0 Å². The second-order valence-electron chi connectivity index (χ2n) is 7.76. The number of carbonyl (C=O) groups is 1. The fourth-order valence-electron chi connectivity index (χ4n) is 3.33. The zero-order chi connectivity index (χ0) is 25.9. The fraction of sp³-hybridized carbons (Fsp3) is 0.286. The summed E-state index contributed by atoms with van der Waals surface area (Å²) < 4.78 is 23.7. The summed E-state index contributed by atoms with van der Waals surface area (Å²) in [6.07, 6.45) is 1.55. The average Bonchev–Trinajstić information content (AvgIpc) is 2.86. The average molecular weight is 555 g/mol. The Morgan fingerprint density at radius 2 is 1.53 bits per heavy atom. The van der Waals surface area contributed by atoms with Crippen LogP contribution in [0.4, 0.5) is 0 Å². The van der Waals surface area contributed by atoms with Gasteiger partial charge in [0, 0.05) is 5.56 Å². The Balaban J connectivity index is 1.71. The first kappa shape index (κ1) is 27.1. The third-order valence-electron chi connectivity index (χ3n) is 5.02. The number of amides is 1. The highest BCUT2D eigenvalue weighted by Crippen LogP contribution is 2.37. The molecule has 3 aromatic rings. The molecule has 0 saturated heterocycles. The van der Waals surface area contributed by atoms with E-state index in [2.05, 4.69) is 38.6 Å². The van der Waals surface area contributed by atoms with E-state index in [0.29, 0.717) is 55.0 Å². The normalized spacial score (nSPS) is 10.8. The summed E-state index contributed by atoms with van der Waals surface area (Å²) in [6, 6.07) is 16.9. The summed E-state index contributed by atoms with van der Waals surface area (Å²) in [7, 11) is 0. The highest BCUT2D eigenvalue weighted by atomic mass is 79.9. The molecule has 0 radical (unpaired) electrons. The minimum Gasteiger partial charge on any atom is -0.490 e. The van der Waals surface area contributed by atoms with Crippen molar-refractivity contribution >= 4 is 28.1 Å². The quantitative estimate of drug-likeness (QED) is 0.210. The van der Waals surface area contributed by atoms with Crippen molar-refractivity contribution in [2.45, 2.75) is 34.3 Å². The number of nitrogens with one attached hydrogen (secondary N) is 1. The molecule has 190 valence electrons. The van der Waals surface area contributed by atoms with Crippen molar-refractivity contribution in [3.63, 3.8) is 0 Å². The number of nitrogens with zero attached hydrogens (tertiary/aromatic N) is 1. The lowest BCUT2D eigenvalue weighted by Gasteiger charge is -2.15. The van der Waals surface area contributed by atoms with Gasteiger partial charge in [-0.2, -0.15) is 5.10 Å². The second-order valence-corrected chi connectivity index (χ2v) is 8.62. The van der Waals surface area contributed by atoms with Crippen molar-refractivity contribution in [2.75, 3.05) is 19.8 Å². The number of halogens is 1. The molecule has 7 nitrogen and oxygen atoms in total. The molecule has 0 fully saturated rings. The maximum Gasteiger partial charge on any atom is 0.271 e. The summed E-state index contributed by atoms with van der Waals surface area (Å²) in [6.45, 7) is 9.58. The number of hydrazone groups is 1. The van der Waals surface area contributed by atoms with E-state index in [0.717, 1.165) is 15.6 Å². The molecule has 3 aromatic carbocycles. The monoisotopic (exact) mass is 554 g/mol. The Bertz CT molecular complexity index is 1200.